The molecule has 196 valence electrons. The van der Waals surface area contributed by atoms with Gasteiger partial charge in [-0.1, -0.05) is 58.0 Å². The molecule has 8 heteroatoms. The van der Waals surface area contributed by atoms with Gasteiger partial charge in [0.25, 0.3) is 0 Å². The molecule has 0 radical (unpaired) electrons. The number of nitrogens with two attached hydrogens (primary N) is 1. The van der Waals surface area contributed by atoms with Crippen LogP contribution in [-0.4, -0.2) is 78.4 Å². The Morgan fingerprint density at radius 3 is 2.43 bits per heavy atom. The first-order valence-electron chi connectivity index (χ1n) is 12.9. The van der Waals surface area contributed by atoms with E-state index >= 15 is 0 Å². The lowest BCUT2D eigenvalue weighted by atomic mass is 9.85. The molecule has 4 N–H and O–H groups in total. The lowest BCUT2D eigenvalue weighted by Gasteiger charge is -2.38. The maximum absolute atomic E-state index is 13.7. The van der Waals surface area contributed by atoms with Gasteiger partial charge in [-0.3, -0.25) is 14.4 Å². The van der Waals surface area contributed by atoms with Crippen molar-refractivity contribution in [3.8, 4) is 0 Å². The molecule has 3 amide bonds. The van der Waals surface area contributed by atoms with E-state index in [0.29, 0.717) is 26.1 Å². The Hall–Kier alpha value is -2.45. The van der Waals surface area contributed by atoms with E-state index in [1.165, 1.54) is 0 Å². The first kappa shape index (κ1) is 28.8. The van der Waals surface area contributed by atoms with Crippen LogP contribution in [-0.2, 0) is 20.8 Å². The van der Waals surface area contributed by atoms with Crippen LogP contribution in [0.15, 0.2) is 30.3 Å². The molecule has 1 aromatic rings. The molecule has 1 aromatic carbocycles. The summed E-state index contributed by atoms with van der Waals surface area (Å²) in [6, 6.07) is 8.35. The van der Waals surface area contributed by atoms with Crippen molar-refractivity contribution < 1.29 is 14.4 Å². The van der Waals surface area contributed by atoms with Gasteiger partial charge in [-0.15, -0.1) is 0 Å². The molecule has 1 aliphatic heterocycles. The lowest BCUT2D eigenvalue weighted by molar-refractivity contribution is -0.142. The Morgan fingerprint density at radius 2 is 1.86 bits per heavy atom. The van der Waals surface area contributed by atoms with E-state index in [4.69, 9.17) is 5.73 Å². The Bertz CT molecular complexity index is 839. The van der Waals surface area contributed by atoms with Crippen molar-refractivity contribution in [2.24, 2.45) is 11.1 Å². The zero-order chi connectivity index (χ0) is 26.2. The highest BCUT2D eigenvalue weighted by Crippen LogP contribution is 2.26. The number of hydrogen-bond donors (Lipinski definition) is 3. The molecule has 8 nitrogen and oxygen atoms in total. The van der Waals surface area contributed by atoms with Crippen molar-refractivity contribution in [1.29, 1.82) is 0 Å². The standard InChI is InChI=1S/C27H45N5O3/c1-7-22(28)25(34)31(17-15-20-12-9-8-10-13-20)18-21-14-11-16-32(21)26(35)23(27(3,4)5)30-24(33)19(2)29-6/h8-10,12-13,19,21-23,29H,7,11,14-18,28H2,1-6H3,(H,30,33)/t19-,21-,22-,23+/m0/s1. The number of likely N-dealkylation sites (tertiary alicyclic amines) is 1. The fraction of sp³-hybridized carbons (Fsp3) is 0.667. The molecule has 35 heavy (non-hydrogen) atoms. The first-order chi connectivity index (χ1) is 16.5. The smallest absolute Gasteiger partial charge is 0.246 e. The van der Waals surface area contributed by atoms with Crippen molar-refractivity contribution in [1.82, 2.24) is 20.4 Å². The summed E-state index contributed by atoms with van der Waals surface area (Å²) in [6.07, 6.45) is 2.98. The molecule has 1 heterocycles. The van der Waals surface area contributed by atoms with Gasteiger partial charge in [-0.25, -0.2) is 0 Å². The average molecular weight is 488 g/mol. The van der Waals surface area contributed by atoms with Gasteiger partial charge < -0.3 is 26.2 Å². The van der Waals surface area contributed by atoms with Crippen LogP contribution in [0, 0.1) is 5.41 Å². The maximum atomic E-state index is 13.7. The number of carbonyl (C=O) groups is 3. The van der Waals surface area contributed by atoms with Crippen LogP contribution >= 0.6 is 0 Å². The Morgan fingerprint density at radius 1 is 1.20 bits per heavy atom. The zero-order valence-electron chi connectivity index (χ0n) is 22.3. The normalized spacial score (nSPS) is 18.6. The molecule has 0 saturated carbocycles. The van der Waals surface area contributed by atoms with E-state index in [1.54, 1.807) is 14.0 Å². The van der Waals surface area contributed by atoms with Gasteiger partial charge in [0.1, 0.15) is 6.04 Å². The van der Waals surface area contributed by atoms with Gasteiger partial charge >= 0.3 is 0 Å². The summed E-state index contributed by atoms with van der Waals surface area (Å²) in [7, 11) is 1.72. The number of amides is 3. The third kappa shape index (κ3) is 8.04. The largest absolute Gasteiger partial charge is 0.342 e. The zero-order valence-corrected chi connectivity index (χ0v) is 22.3. The van der Waals surface area contributed by atoms with Crippen molar-refractivity contribution in [3.63, 3.8) is 0 Å². The van der Waals surface area contributed by atoms with E-state index in [9.17, 15) is 14.4 Å². The third-order valence-corrected chi connectivity index (χ3v) is 6.90. The van der Waals surface area contributed by atoms with Crippen molar-refractivity contribution in [2.45, 2.75) is 84.5 Å². The molecule has 0 aromatic heterocycles. The van der Waals surface area contributed by atoms with Crippen molar-refractivity contribution in [2.75, 3.05) is 26.7 Å². The van der Waals surface area contributed by atoms with Crippen LogP contribution in [0.2, 0.25) is 0 Å². The minimum Gasteiger partial charge on any atom is -0.342 e. The van der Waals surface area contributed by atoms with Crippen LogP contribution in [0.3, 0.4) is 0 Å². The van der Waals surface area contributed by atoms with Crippen LogP contribution in [0.1, 0.15) is 59.4 Å². The second-order valence-corrected chi connectivity index (χ2v) is 10.7. The van der Waals surface area contributed by atoms with E-state index in [2.05, 4.69) is 22.8 Å². The number of rotatable bonds is 11. The van der Waals surface area contributed by atoms with Gasteiger partial charge in [0.2, 0.25) is 17.7 Å². The molecule has 0 unspecified atom stereocenters. The van der Waals surface area contributed by atoms with Gasteiger partial charge in [0.15, 0.2) is 0 Å². The average Bonchev–Trinajstić information content (AvgIpc) is 3.31. The number of carbonyl (C=O) groups excluding carboxylic acids is 3. The second kappa shape index (κ2) is 13.0. The third-order valence-electron chi connectivity index (χ3n) is 6.90. The molecular weight excluding hydrogens is 442 g/mol. The van der Waals surface area contributed by atoms with E-state index in [0.717, 1.165) is 24.8 Å². The molecule has 1 aliphatic rings. The number of nitrogens with one attached hydrogen (secondary N) is 2. The second-order valence-electron chi connectivity index (χ2n) is 10.7. The van der Waals surface area contributed by atoms with Crippen molar-refractivity contribution >= 4 is 17.7 Å². The van der Waals surface area contributed by atoms with Gasteiger partial charge in [-0.2, -0.15) is 0 Å². The molecule has 1 saturated heterocycles. The Kier molecular flexibility index (Phi) is 10.7. The van der Waals surface area contributed by atoms with Crippen LogP contribution in [0.25, 0.3) is 0 Å². The molecule has 1 fully saturated rings. The van der Waals surface area contributed by atoms with E-state index < -0.39 is 23.5 Å². The maximum Gasteiger partial charge on any atom is 0.246 e. The first-order valence-corrected chi connectivity index (χ1v) is 12.9. The number of benzene rings is 1. The molecule has 4 atom stereocenters. The number of nitrogens with zero attached hydrogens (tertiary/aromatic N) is 2. The number of likely N-dealkylation sites (N-methyl/N-ethyl adjacent to an activating group) is 1. The SMILES string of the molecule is CC[C@H](N)C(=O)N(CCc1ccccc1)C[C@@H]1CCCN1C(=O)[C@@H](NC(=O)[C@H](C)NC)C(C)(C)C. The quantitative estimate of drug-likeness (QED) is 0.442. The molecular formula is C27H45N5O3. The summed E-state index contributed by atoms with van der Waals surface area (Å²) >= 11 is 0. The predicted octanol–water partition coefficient (Wildman–Crippen LogP) is 1.92. The summed E-state index contributed by atoms with van der Waals surface area (Å²) in [5, 5.41) is 5.89. The highest BCUT2D eigenvalue weighted by Gasteiger charge is 2.40. The van der Waals surface area contributed by atoms with Crippen molar-refractivity contribution in [3.05, 3.63) is 35.9 Å². The molecule has 0 aliphatic carbocycles. The van der Waals surface area contributed by atoms with Crippen LogP contribution in [0.4, 0.5) is 0 Å². The van der Waals surface area contributed by atoms with E-state index in [-0.39, 0.29) is 23.8 Å². The lowest BCUT2D eigenvalue weighted by Crippen LogP contribution is -2.59. The minimum absolute atomic E-state index is 0.0775. The Balaban J connectivity index is 2.20. The fourth-order valence-electron chi connectivity index (χ4n) is 4.39. The highest BCUT2D eigenvalue weighted by molar-refractivity contribution is 5.90. The van der Waals surface area contributed by atoms with E-state index in [1.807, 2.05) is 55.7 Å². The van der Waals surface area contributed by atoms with Gasteiger partial charge in [-0.05, 0) is 50.6 Å². The summed E-state index contributed by atoms with van der Waals surface area (Å²) in [5.74, 6) is -0.372. The molecule has 0 bridgehead atoms. The highest BCUT2D eigenvalue weighted by atomic mass is 16.2. The summed E-state index contributed by atoms with van der Waals surface area (Å²) in [4.78, 5) is 43.2. The van der Waals surface area contributed by atoms with Gasteiger partial charge in [0, 0.05) is 25.7 Å². The Labute approximate surface area is 211 Å². The molecule has 2 rings (SSSR count). The van der Waals surface area contributed by atoms with Crippen LogP contribution in [0.5, 0.6) is 0 Å². The monoisotopic (exact) mass is 487 g/mol. The number of hydrogen-bond acceptors (Lipinski definition) is 5. The summed E-state index contributed by atoms with van der Waals surface area (Å²) in [6.45, 7) is 11.2. The topological polar surface area (TPSA) is 108 Å². The predicted molar refractivity (Wildman–Crippen MR) is 140 cm³/mol. The van der Waals surface area contributed by atoms with Crippen LogP contribution < -0.4 is 16.4 Å². The fourth-order valence-corrected chi connectivity index (χ4v) is 4.39. The minimum atomic E-state index is -0.655. The summed E-state index contributed by atoms with van der Waals surface area (Å²) < 4.78 is 0. The van der Waals surface area contributed by atoms with Gasteiger partial charge in [0.05, 0.1) is 12.1 Å². The summed E-state index contributed by atoms with van der Waals surface area (Å²) in [5.41, 5.74) is 6.83. The molecule has 0 spiro atoms.